The lowest BCUT2D eigenvalue weighted by Crippen LogP contribution is -2.48. The van der Waals surface area contributed by atoms with Gasteiger partial charge in [0.25, 0.3) is 10.2 Å². The van der Waals surface area contributed by atoms with Crippen molar-refractivity contribution in [2.75, 3.05) is 32.8 Å². The maximum absolute atomic E-state index is 12.6. The largest absolute Gasteiger partial charge is 0.368 e. The summed E-state index contributed by atoms with van der Waals surface area (Å²) in [7, 11) is -1.45. The molecule has 0 aliphatic carbocycles. The Labute approximate surface area is 125 Å². The van der Waals surface area contributed by atoms with E-state index in [9.17, 15) is 8.42 Å². The van der Waals surface area contributed by atoms with Gasteiger partial charge in [0.1, 0.15) is 11.9 Å². The van der Waals surface area contributed by atoms with Gasteiger partial charge in [0, 0.05) is 39.4 Å². The number of hydrogen-bond donors (Lipinski definition) is 0. The molecule has 3 heterocycles. The molecule has 3 rings (SSSR count). The molecular formula is C13H22N4O3S. The van der Waals surface area contributed by atoms with E-state index in [-0.39, 0.29) is 6.10 Å². The number of aryl methyl sites for hydroxylation is 2. The molecule has 0 saturated carbocycles. The maximum Gasteiger partial charge on any atom is 0.282 e. The Bertz CT molecular complexity index is 607. The molecule has 1 aromatic rings. The highest BCUT2D eigenvalue weighted by molar-refractivity contribution is 7.86. The van der Waals surface area contributed by atoms with E-state index in [1.807, 2.05) is 24.7 Å². The van der Waals surface area contributed by atoms with Crippen molar-refractivity contribution in [3.05, 3.63) is 17.7 Å². The van der Waals surface area contributed by atoms with Crippen molar-refractivity contribution in [1.82, 2.24) is 18.2 Å². The number of rotatable bonds is 3. The Morgan fingerprint density at radius 1 is 1.24 bits per heavy atom. The highest BCUT2D eigenvalue weighted by atomic mass is 32.2. The molecule has 2 aliphatic heterocycles. The molecule has 0 amide bonds. The van der Waals surface area contributed by atoms with Crippen molar-refractivity contribution in [2.45, 2.75) is 25.9 Å². The molecule has 118 valence electrons. The van der Waals surface area contributed by atoms with Gasteiger partial charge in [-0.05, 0) is 19.8 Å². The van der Waals surface area contributed by atoms with E-state index in [0.29, 0.717) is 32.8 Å². The molecule has 1 atom stereocenters. The smallest absolute Gasteiger partial charge is 0.282 e. The lowest BCUT2D eigenvalue weighted by molar-refractivity contribution is -0.0104. The van der Waals surface area contributed by atoms with Crippen LogP contribution in [-0.2, 0) is 22.0 Å². The topological polar surface area (TPSA) is 67.7 Å². The highest BCUT2D eigenvalue weighted by Crippen LogP contribution is 2.25. The van der Waals surface area contributed by atoms with Crippen LogP contribution in [0, 0.1) is 6.92 Å². The summed E-state index contributed by atoms with van der Waals surface area (Å²) >= 11 is 0. The Balaban J connectivity index is 1.78. The third kappa shape index (κ3) is 2.85. The van der Waals surface area contributed by atoms with Gasteiger partial charge < -0.3 is 9.30 Å². The molecule has 1 aromatic heterocycles. The maximum atomic E-state index is 12.6. The molecule has 2 saturated heterocycles. The molecule has 1 unspecified atom stereocenters. The monoisotopic (exact) mass is 314 g/mol. The minimum atomic E-state index is -3.36. The van der Waals surface area contributed by atoms with Gasteiger partial charge in [-0.1, -0.05) is 0 Å². The van der Waals surface area contributed by atoms with Crippen molar-refractivity contribution in [2.24, 2.45) is 7.05 Å². The van der Waals surface area contributed by atoms with Gasteiger partial charge >= 0.3 is 0 Å². The van der Waals surface area contributed by atoms with E-state index in [1.54, 1.807) is 4.31 Å². The van der Waals surface area contributed by atoms with Gasteiger partial charge in [-0.2, -0.15) is 17.0 Å². The van der Waals surface area contributed by atoms with Crippen LogP contribution in [0.2, 0.25) is 0 Å². The molecule has 8 heteroatoms. The summed E-state index contributed by atoms with van der Waals surface area (Å²) in [6.07, 6.45) is 3.53. The zero-order valence-corrected chi connectivity index (χ0v) is 13.3. The van der Waals surface area contributed by atoms with Crippen LogP contribution in [0.15, 0.2) is 6.20 Å². The molecule has 0 N–H and O–H groups in total. The number of imidazole rings is 1. The fourth-order valence-electron chi connectivity index (χ4n) is 3.01. The summed E-state index contributed by atoms with van der Waals surface area (Å²) in [6.45, 7) is 4.34. The van der Waals surface area contributed by atoms with Crippen LogP contribution in [0.5, 0.6) is 0 Å². The van der Waals surface area contributed by atoms with E-state index >= 15 is 0 Å². The molecule has 0 spiro atoms. The van der Waals surface area contributed by atoms with E-state index in [4.69, 9.17) is 4.74 Å². The van der Waals surface area contributed by atoms with Crippen LogP contribution in [0.25, 0.3) is 0 Å². The summed E-state index contributed by atoms with van der Waals surface area (Å²) < 4.78 is 36.0. The fourth-order valence-corrected chi connectivity index (χ4v) is 4.68. The Morgan fingerprint density at radius 2 is 1.95 bits per heavy atom. The van der Waals surface area contributed by atoms with Gasteiger partial charge in [-0.3, -0.25) is 0 Å². The van der Waals surface area contributed by atoms with Gasteiger partial charge in [-0.25, -0.2) is 4.98 Å². The van der Waals surface area contributed by atoms with Crippen molar-refractivity contribution >= 4 is 10.2 Å². The second-order valence-electron chi connectivity index (χ2n) is 5.68. The van der Waals surface area contributed by atoms with Crippen LogP contribution >= 0.6 is 0 Å². The quantitative estimate of drug-likeness (QED) is 0.812. The highest BCUT2D eigenvalue weighted by Gasteiger charge is 2.36. The van der Waals surface area contributed by atoms with Gasteiger partial charge in [-0.15, -0.1) is 0 Å². The second kappa shape index (κ2) is 5.68. The van der Waals surface area contributed by atoms with Crippen molar-refractivity contribution in [3.8, 4) is 0 Å². The molecule has 0 radical (unpaired) electrons. The predicted molar refractivity (Wildman–Crippen MR) is 77.9 cm³/mol. The summed E-state index contributed by atoms with van der Waals surface area (Å²) in [4.78, 5) is 4.45. The molecule has 0 bridgehead atoms. The summed E-state index contributed by atoms with van der Waals surface area (Å²) in [5, 5.41) is 0. The zero-order valence-electron chi connectivity index (χ0n) is 12.5. The van der Waals surface area contributed by atoms with E-state index < -0.39 is 10.2 Å². The standard InChI is InChI=1S/C13H22N4O3S/c1-11-9-15(2)13(14-11)12-10-17(7-8-20-12)21(18,19)16-5-3-4-6-16/h9,12H,3-8,10H2,1-2H3. The summed E-state index contributed by atoms with van der Waals surface area (Å²) in [5.41, 5.74) is 0.913. The molecule has 2 fully saturated rings. The Morgan fingerprint density at radius 3 is 2.57 bits per heavy atom. The Hall–Kier alpha value is -0.960. The number of ether oxygens (including phenoxy) is 1. The van der Waals surface area contributed by atoms with Gasteiger partial charge in [0.2, 0.25) is 0 Å². The molecule has 0 aromatic carbocycles. The fraction of sp³-hybridized carbons (Fsp3) is 0.769. The van der Waals surface area contributed by atoms with Gasteiger partial charge in [0.05, 0.1) is 12.3 Å². The van der Waals surface area contributed by atoms with E-state index in [2.05, 4.69) is 4.98 Å². The van der Waals surface area contributed by atoms with E-state index in [1.165, 1.54) is 4.31 Å². The SMILES string of the molecule is Cc1cn(C)c(C2CN(S(=O)(=O)N3CCCC3)CCO2)n1. The number of nitrogens with zero attached hydrogens (tertiary/aromatic N) is 4. The second-order valence-corrected chi connectivity index (χ2v) is 7.61. The molecule has 21 heavy (non-hydrogen) atoms. The van der Waals surface area contributed by atoms with Crippen molar-refractivity contribution in [1.29, 1.82) is 0 Å². The average Bonchev–Trinajstić information content (AvgIpc) is 3.09. The number of hydrogen-bond acceptors (Lipinski definition) is 4. The third-order valence-electron chi connectivity index (χ3n) is 4.07. The number of aromatic nitrogens is 2. The first-order valence-corrected chi connectivity index (χ1v) is 8.75. The van der Waals surface area contributed by atoms with Crippen LogP contribution in [0.3, 0.4) is 0 Å². The first kappa shape index (κ1) is 15.0. The molecule has 2 aliphatic rings. The van der Waals surface area contributed by atoms with Crippen LogP contribution < -0.4 is 0 Å². The van der Waals surface area contributed by atoms with E-state index in [0.717, 1.165) is 24.4 Å². The van der Waals surface area contributed by atoms with Crippen LogP contribution in [0.1, 0.15) is 30.5 Å². The normalized spacial score (nSPS) is 25.5. The van der Waals surface area contributed by atoms with Gasteiger partial charge in [0.15, 0.2) is 0 Å². The molecular weight excluding hydrogens is 292 g/mol. The van der Waals surface area contributed by atoms with Crippen molar-refractivity contribution in [3.63, 3.8) is 0 Å². The van der Waals surface area contributed by atoms with Crippen LogP contribution in [0.4, 0.5) is 0 Å². The predicted octanol–water partition coefficient (Wildman–Crippen LogP) is 0.442. The minimum Gasteiger partial charge on any atom is -0.368 e. The first-order valence-electron chi connectivity index (χ1n) is 7.35. The lowest BCUT2D eigenvalue weighted by Gasteiger charge is -2.34. The Kier molecular flexibility index (Phi) is 4.04. The summed E-state index contributed by atoms with van der Waals surface area (Å²) in [5.74, 6) is 0.786. The average molecular weight is 314 g/mol. The summed E-state index contributed by atoms with van der Waals surface area (Å²) in [6, 6.07) is 0. The van der Waals surface area contributed by atoms with Crippen molar-refractivity contribution < 1.29 is 13.2 Å². The zero-order chi connectivity index (χ0) is 15.0. The first-order chi connectivity index (χ1) is 9.98. The molecule has 7 nitrogen and oxygen atoms in total. The van der Waals surface area contributed by atoms with Crippen LogP contribution in [-0.4, -0.2) is 59.4 Å². The lowest BCUT2D eigenvalue weighted by atomic mass is 10.3. The number of morpholine rings is 1. The third-order valence-corrected chi connectivity index (χ3v) is 6.07. The minimum absolute atomic E-state index is 0.296.